The molecule has 0 spiro atoms. The number of methoxy groups -OCH3 is 2. The maximum atomic E-state index is 13.0. The van der Waals surface area contributed by atoms with Crippen LogP contribution in [-0.4, -0.2) is 47.7 Å². The van der Waals surface area contributed by atoms with Gasteiger partial charge in [-0.1, -0.05) is 12.1 Å². The molecule has 0 amide bonds. The van der Waals surface area contributed by atoms with Gasteiger partial charge in [0.2, 0.25) is 0 Å². The zero-order valence-electron chi connectivity index (χ0n) is 20.7. The Morgan fingerprint density at radius 2 is 1.89 bits per heavy atom. The molecule has 0 unspecified atom stereocenters. The third-order valence-corrected chi connectivity index (χ3v) is 6.44. The molecular formula is C27H31N3O5. The van der Waals surface area contributed by atoms with E-state index in [1.54, 1.807) is 24.1 Å². The van der Waals surface area contributed by atoms with Gasteiger partial charge in [-0.2, -0.15) is 0 Å². The van der Waals surface area contributed by atoms with Gasteiger partial charge in [-0.15, -0.1) is 0 Å². The van der Waals surface area contributed by atoms with Crippen LogP contribution in [0.3, 0.4) is 0 Å². The molecule has 0 aliphatic carbocycles. The first-order valence-corrected chi connectivity index (χ1v) is 11.6. The number of esters is 1. The number of fused-ring (bicyclic) bond motifs is 1. The monoisotopic (exact) mass is 477 g/mol. The quantitative estimate of drug-likeness (QED) is 0.483. The van der Waals surface area contributed by atoms with Crippen molar-refractivity contribution in [1.29, 1.82) is 0 Å². The van der Waals surface area contributed by atoms with Crippen LogP contribution in [0.25, 0.3) is 0 Å². The van der Waals surface area contributed by atoms with Gasteiger partial charge in [-0.05, 0) is 42.7 Å². The van der Waals surface area contributed by atoms with Crippen LogP contribution in [0.5, 0.6) is 11.5 Å². The van der Waals surface area contributed by atoms with Crippen LogP contribution >= 0.6 is 0 Å². The van der Waals surface area contributed by atoms with E-state index in [-0.39, 0.29) is 17.9 Å². The minimum atomic E-state index is -0.509. The SMILES string of the molecule is COC(=O)c1c(OCc2cccnc2)cc(=O)n2c1CCN(Cc1cc(C)c(OC)cc1C)CC2. The van der Waals surface area contributed by atoms with Crippen molar-refractivity contribution in [2.24, 2.45) is 0 Å². The molecule has 3 aromatic rings. The largest absolute Gasteiger partial charge is 0.496 e. The molecule has 0 saturated carbocycles. The van der Waals surface area contributed by atoms with Gasteiger partial charge in [0.25, 0.3) is 5.56 Å². The third kappa shape index (κ3) is 5.38. The van der Waals surface area contributed by atoms with Gasteiger partial charge in [0.15, 0.2) is 0 Å². The minimum absolute atomic E-state index is 0.188. The number of ether oxygens (including phenoxy) is 3. The summed E-state index contributed by atoms with van der Waals surface area (Å²) in [7, 11) is 3.02. The molecule has 8 nitrogen and oxygen atoms in total. The van der Waals surface area contributed by atoms with Gasteiger partial charge in [0.1, 0.15) is 23.7 Å². The highest BCUT2D eigenvalue weighted by molar-refractivity contribution is 5.93. The first-order chi connectivity index (χ1) is 16.9. The van der Waals surface area contributed by atoms with Crippen LogP contribution in [0.15, 0.2) is 47.5 Å². The zero-order chi connectivity index (χ0) is 24.9. The first kappa shape index (κ1) is 24.5. The second-order valence-corrected chi connectivity index (χ2v) is 8.74. The fourth-order valence-electron chi connectivity index (χ4n) is 4.51. The average molecular weight is 478 g/mol. The van der Waals surface area contributed by atoms with Crippen molar-refractivity contribution < 1.29 is 19.0 Å². The summed E-state index contributed by atoms with van der Waals surface area (Å²) < 4.78 is 18.1. The molecule has 0 N–H and O–H groups in total. The topological polar surface area (TPSA) is 82.9 Å². The highest BCUT2D eigenvalue weighted by atomic mass is 16.5. The third-order valence-electron chi connectivity index (χ3n) is 6.44. The van der Waals surface area contributed by atoms with E-state index in [2.05, 4.69) is 28.9 Å². The number of nitrogens with zero attached hydrogens (tertiary/aromatic N) is 3. The summed E-state index contributed by atoms with van der Waals surface area (Å²) in [6, 6.07) is 9.29. The van der Waals surface area contributed by atoms with Crippen LogP contribution in [0.4, 0.5) is 0 Å². The predicted molar refractivity (Wildman–Crippen MR) is 132 cm³/mol. The van der Waals surface area contributed by atoms with Gasteiger partial charge in [-0.25, -0.2) is 4.79 Å². The molecule has 35 heavy (non-hydrogen) atoms. The highest BCUT2D eigenvalue weighted by Crippen LogP contribution is 2.27. The summed E-state index contributed by atoms with van der Waals surface area (Å²) in [4.78, 5) is 32.2. The van der Waals surface area contributed by atoms with Crippen LogP contribution in [0.1, 0.15) is 38.3 Å². The second-order valence-electron chi connectivity index (χ2n) is 8.74. The number of rotatable bonds is 7. The Morgan fingerprint density at radius 3 is 2.60 bits per heavy atom. The Kier molecular flexibility index (Phi) is 7.51. The fraction of sp³-hybridized carbons (Fsp3) is 0.370. The minimum Gasteiger partial charge on any atom is -0.496 e. The van der Waals surface area contributed by atoms with Crippen LogP contribution < -0.4 is 15.0 Å². The molecule has 184 valence electrons. The van der Waals surface area contributed by atoms with Crippen molar-refractivity contribution in [2.75, 3.05) is 27.3 Å². The smallest absolute Gasteiger partial charge is 0.343 e. The van der Waals surface area contributed by atoms with E-state index >= 15 is 0 Å². The molecule has 0 atom stereocenters. The predicted octanol–water partition coefficient (Wildman–Crippen LogP) is 3.29. The number of hydrogen-bond acceptors (Lipinski definition) is 7. The van der Waals surface area contributed by atoms with E-state index in [0.717, 1.165) is 29.0 Å². The van der Waals surface area contributed by atoms with Gasteiger partial charge in [0, 0.05) is 62.3 Å². The van der Waals surface area contributed by atoms with Crippen LogP contribution in [0, 0.1) is 13.8 Å². The van der Waals surface area contributed by atoms with Crippen LogP contribution in [-0.2, 0) is 30.9 Å². The van der Waals surface area contributed by atoms with E-state index in [1.165, 1.54) is 18.7 Å². The first-order valence-electron chi connectivity index (χ1n) is 11.6. The number of carbonyl (C=O) groups excluding carboxylic acids is 1. The van der Waals surface area contributed by atoms with Crippen molar-refractivity contribution in [3.63, 3.8) is 0 Å². The number of benzene rings is 1. The Balaban J connectivity index is 1.60. The number of aryl methyl sites for hydroxylation is 2. The Hall–Kier alpha value is -3.65. The molecule has 8 heteroatoms. The van der Waals surface area contributed by atoms with Crippen molar-refractivity contribution in [2.45, 2.75) is 40.0 Å². The Labute approximate surface area is 205 Å². The summed E-state index contributed by atoms with van der Waals surface area (Å²) in [5, 5.41) is 0. The van der Waals surface area contributed by atoms with E-state index in [1.807, 2.05) is 19.1 Å². The van der Waals surface area contributed by atoms with Gasteiger partial charge < -0.3 is 18.8 Å². The molecule has 3 heterocycles. The normalized spacial score (nSPS) is 13.6. The van der Waals surface area contributed by atoms with Crippen molar-refractivity contribution in [3.8, 4) is 11.5 Å². The molecule has 1 aliphatic rings. The lowest BCUT2D eigenvalue weighted by Crippen LogP contribution is -2.29. The standard InChI is InChI=1S/C27H31N3O5/c1-18-13-23(33-3)19(2)12-21(18)16-29-9-7-22-26(27(32)34-4)24(14-25(31)30(22)11-10-29)35-17-20-6-5-8-28-15-20/h5-6,8,12-15H,7,9-11,16-17H2,1-4H3. The maximum absolute atomic E-state index is 13.0. The van der Waals surface area contributed by atoms with Gasteiger partial charge in [-0.3, -0.25) is 14.7 Å². The van der Waals surface area contributed by atoms with E-state index < -0.39 is 5.97 Å². The van der Waals surface area contributed by atoms with E-state index in [9.17, 15) is 9.59 Å². The van der Waals surface area contributed by atoms with E-state index in [4.69, 9.17) is 14.2 Å². The number of pyridine rings is 2. The molecule has 2 aromatic heterocycles. The number of carbonyl (C=O) groups is 1. The molecule has 0 saturated heterocycles. The number of aromatic nitrogens is 2. The molecule has 1 aliphatic heterocycles. The van der Waals surface area contributed by atoms with Gasteiger partial charge in [0.05, 0.1) is 14.2 Å². The lowest BCUT2D eigenvalue weighted by molar-refractivity contribution is 0.0592. The summed E-state index contributed by atoms with van der Waals surface area (Å²) in [5.74, 6) is 0.611. The van der Waals surface area contributed by atoms with Crippen molar-refractivity contribution >= 4 is 5.97 Å². The summed E-state index contributed by atoms with van der Waals surface area (Å²) in [6.07, 6.45) is 3.89. The van der Waals surface area contributed by atoms with E-state index in [0.29, 0.717) is 37.3 Å². The molecule has 0 bridgehead atoms. The summed E-state index contributed by atoms with van der Waals surface area (Å²) in [5.41, 5.74) is 5.08. The summed E-state index contributed by atoms with van der Waals surface area (Å²) >= 11 is 0. The molecular weight excluding hydrogens is 446 g/mol. The number of hydrogen-bond donors (Lipinski definition) is 0. The van der Waals surface area contributed by atoms with Gasteiger partial charge >= 0.3 is 5.97 Å². The molecule has 0 fully saturated rings. The lowest BCUT2D eigenvalue weighted by atomic mass is 10.0. The van der Waals surface area contributed by atoms with Crippen LogP contribution in [0.2, 0.25) is 0 Å². The molecule has 4 rings (SSSR count). The zero-order valence-corrected chi connectivity index (χ0v) is 20.7. The molecule has 0 radical (unpaired) electrons. The lowest BCUT2D eigenvalue weighted by Gasteiger charge is -2.21. The average Bonchev–Trinajstić information content (AvgIpc) is 3.08. The van der Waals surface area contributed by atoms with Crippen molar-refractivity contribution in [3.05, 3.63) is 86.6 Å². The summed E-state index contributed by atoms with van der Waals surface area (Å²) in [6.45, 7) is 6.92. The fourth-order valence-corrected chi connectivity index (χ4v) is 4.51. The van der Waals surface area contributed by atoms with Crippen molar-refractivity contribution in [1.82, 2.24) is 14.5 Å². The molecule has 1 aromatic carbocycles. The Bertz CT molecular complexity index is 1270. The second kappa shape index (κ2) is 10.7. The Morgan fingerprint density at radius 1 is 1.06 bits per heavy atom. The maximum Gasteiger partial charge on any atom is 0.343 e. The highest BCUT2D eigenvalue weighted by Gasteiger charge is 2.26.